The molecule has 0 N–H and O–H groups in total. The minimum atomic E-state index is 0.105. The van der Waals surface area contributed by atoms with Gasteiger partial charge in [0.05, 0.1) is 0 Å². The maximum absolute atomic E-state index is 12.6. The minimum Gasteiger partial charge on any atom is -0.485 e. The third kappa shape index (κ3) is 3.93. The molecule has 2 heterocycles. The molecule has 0 aliphatic carbocycles. The monoisotopic (exact) mass is 329 g/mol. The maximum atomic E-state index is 12.6. The number of aromatic nitrogens is 2. The van der Waals surface area contributed by atoms with Gasteiger partial charge in [-0.15, -0.1) is 0 Å². The predicted molar refractivity (Wildman–Crippen MR) is 88.7 cm³/mol. The van der Waals surface area contributed by atoms with E-state index in [0.29, 0.717) is 28.9 Å². The Morgan fingerprint density at radius 2 is 2.17 bits per heavy atom. The number of piperidine rings is 1. The first-order valence-corrected chi connectivity index (χ1v) is 8.47. The van der Waals surface area contributed by atoms with Crippen molar-refractivity contribution in [3.8, 4) is 5.75 Å². The fraction of sp³-hybridized carbons (Fsp3) is 0.500. The van der Waals surface area contributed by atoms with E-state index in [1.165, 1.54) is 6.42 Å². The molecule has 6 nitrogen and oxygen atoms in total. The van der Waals surface area contributed by atoms with E-state index < -0.39 is 0 Å². The number of nitrogens with zero attached hydrogens (tertiary/aromatic N) is 3. The van der Waals surface area contributed by atoms with E-state index >= 15 is 0 Å². The molecule has 1 saturated heterocycles. The summed E-state index contributed by atoms with van der Waals surface area (Å²) in [4.78, 5) is 18.7. The van der Waals surface area contributed by atoms with Gasteiger partial charge in [-0.25, -0.2) is 0 Å². The predicted octanol–water partition coefficient (Wildman–Crippen LogP) is 3.22. The van der Waals surface area contributed by atoms with Crippen LogP contribution in [0.15, 0.2) is 28.8 Å². The molecule has 1 unspecified atom stereocenters. The van der Waals surface area contributed by atoms with Crippen LogP contribution in [-0.2, 0) is 6.61 Å². The number of rotatable bonds is 5. The fourth-order valence-corrected chi connectivity index (χ4v) is 3.01. The zero-order valence-electron chi connectivity index (χ0n) is 14.2. The van der Waals surface area contributed by atoms with Crippen molar-refractivity contribution >= 4 is 5.91 Å². The molecule has 128 valence electrons. The molecule has 1 fully saturated rings. The molecular formula is C18H23N3O3. The highest BCUT2D eigenvalue weighted by molar-refractivity contribution is 5.94. The standard InChI is InChI=1S/C18H23N3O3/c1-3-14-5-4-10-21(11-14)18(22)15-6-8-16(9-7-15)23-12-17-19-13(2)24-20-17/h6-9,14H,3-5,10-12H2,1-2H3. The van der Waals surface area contributed by atoms with Crippen molar-refractivity contribution < 1.29 is 14.1 Å². The van der Waals surface area contributed by atoms with Crippen molar-refractivity contribution in [1.29, 1.82) is 0 Å². The topological polar surface area (TPSA) is 68.5 Å². The quantitative estimate of drug-likeness (QED) is 0.842. The van der Waals surface area contributed by atoms with E-state index in [9.17, 15) is 4.79 Å². The Morgan fingerprint density at radius 3 is 2.83 bits per heavy atom. The highest BCUT2D eigenvalue weighted by Crippen LogP contribution is 2.22. The molecule has 1 aliphatic heterocycles. The van der Waals surface area contributed by atoms with Gasteiger partial charge in [0, 0.05) is 25.6 Å². The van der Waals surface area contributed by atoms with Gasteiger partial charge < -0.3 is 14.2 Å². The molecule has 6 heteroatoms. The Morgan fingerprint density at radius 1 is 1.38 bits per heavy atom. The first-order chi connectivity index (χ1) is 11.7. The van der Waals surface area contributed by atoms with Gasteiger partial charge in [-0.1, -0.05) is 18.5 Å². The summed E-state index contributed by atoms with van der Waals surface area (Å²) in [5, 5.41) is 3.78. The van der Waals surface area contributed by atoms with E-state index in [-0.39, 0.29) is 12.5 Å². The molecule has 0 radical (unpaired) electrons. The highest BCUT2D eigenvalue weighted by atomic mass is 16.5. The summed E-state index contributed by atoms with van der Waals surface area (Å²) in [5.74, 6) is 2.43. The summed E-state index contributed by atoms with van der Waals surface area (Å²) >= 11 is 0. The average molecular weight is 329 g/mol. The molecule has 1 aliphatic rings. The van der Waals surface area contributed by atoms with Crippen LogP contribution >= 0.6 is 0 Å². The highest BCUT2D eigenvalue weighted by Gasteiger charge is 2.23. The summed E-state index contributed by atoms with van der Waals surface area (Å²) in [5.41, 5.74) is 0.703. The Hall–Kier alpha value is -2.37. The van der Waals surface area contributed by atoms with E-state index in [1.54, 1.807) is 19.1 Å². The summed E-state index contributed by atoms with van der Waals surface area (Å²) in [6.45, 7) is 5.89. The van der Waals surface area contributed by atoms with Gasteiger partial charge >= 0.3 is 0 Å². The third-order valence-corrected chi connectivity index (χ3v) is 4.42. The maximum Gasteiger partial charge on any atom is 0.253 e. The molecule has 1 amide bonds. The van der Waals surface area contributed by atoms with E-state index in [1.807, 2.05) is 17.0 Å². The molecule has 1 aromatic heterocycles. The van der Waals surface area contributed by atoms with Crippen molar-refractivity contribution in [3.05, 3.63) is 41.5 Å². The first-order valence-electron chi connectivity index (χ1n) is 8.47. The Balaban J connectivity index is 1.58. The molecule has 0 bridgehead atoms. The second-order valence-electron chi connectivity index (χ2n) is 6.21. The number of carbonyl (C=O) groups is 1. The van der Waals surface area contributed by atoms with Crippen LogP contribution in [0.25, 0.3) is 0 Å². The number of ether oxygens (including phenoxy) is 1. The lowest BCUT2D eigenvalue weighted by Crippen LogP contribution is -2.39. The smallest absolute Gasteiger partial charge is 0.253 e. The molecule has 0 spiro atoms. The lowest BCUT2D eigenvalue weighted by atomic mass is 9.95. The summed E-state index contributed by atoms with van der Waals surface area (Å²) in [6, 6.07) is 7.24. The third-order valence-electron chi connectivity index (χ3n) is 4.42. The van der Waals surface area contributed by atoms with Crippen LogP contribution in [-0.4, -0.2) is 34.0 Å². The van der Waals surface area contributed by atoms with Gasteiger partial charge in [0.25, 0.3) is 5.91 Å². The number of likely N-dealkylation sites (tertiary alicyclic amines) is 1. The van der Waals surface area contributed by atoms with Gasteiger partial charge in [-0.3, -0.25) is 4.79 Å². The van der Waals surface area contributed by atoms with Crippen molar-refractivity contribution in [2.75, 3.05) is 13.1 Å². The van der Waals surface area contributed by atoms with Crippen LogP contribution < -0.4 is 4.74 Å². The van der Waals surface area contributed by atoms with E-state index in [2.05, 4.69) is 17.1 Å². The summed E-state index contributed by atoms with van der Waals surface area (Å²) in [7, 11) is 0. The van der Waals surface area contributed by atoms with E-state index in [0.717, 1.165) is 25.9 Å². The second-order valence-corrected chi connectivity index (χ2v) is 6.21. The first kappa shape index (κ1) is 16.5. The van der Waals surface area contributed by atoms with E-state index in [4.69, 9.17) is 9.26 Å². The molecule has 24 heavy (non-hydrogen) atoms. The number of hydrogen-bond donors (Lipinski definition) is 0. The van der Waals surface area contributed by atoms with Crippen LogP contribution in [0.5, 0.6) is 5.75 Å². The van der Waals surface area contributed by atoms with Gasteiger partial charge in [-0.2, -0.15) is 4.98 Å². The second kappa shape index (κ2) is 7.47. The number of aryl methyl sites for hydroxylation is 1. The lowest BCUT2D eigenvalue weighted by molar-refractivity contribution is 0.0671. The van der Waals surface area contributed by atoms with Crippen LogP contribution in [0.1, 0.15) is 48.3 Å². The Labute approximate surface area is 141 Å². The number of hydrogen-bond acceptors (Lipinski definition) is 5. The lowest BCUT2D eigenvalue weighted by Gasteiger charge is -2.32. The Bertz CT molecular complexity index is 681. The molecule has 0 saturated carbocycles. The zero-order chi connectivity index (χ0) is 16.9. The minimum absolute atomic E-state index is 0.105. The van der Waals surface area contributed by atoms with Crippen LogP contribution in [0.4, 0.5) is 0 Å². The van der Waals surface area contributed by atoms with Crippen LogP contribution in [0.2, 0.25) is 0 Å². The molecule has 3 rings (SSSR count). The van der Waals surface area contributed by atoms with Crippen molar-refractivity contribution in [3.63, 3.8) is 0 Å². The molecule has 1 atom stereocenters. The molecule has 1 aromatic carbocycles. The van der Waals surface area contributed by atoms with Gasteiger partial charge in [-0.05, 0) is 43.0 Å². The zero-order valence-corrected chi connectivity index (χ0v) is 14.2. The van der Waals surface area contributed by atoms with Crippen LogP contribution in [0.3, 0.4) is 0 Å². The van der Waals surface area contributed by atoms with Crippen LogP contribution in [0, 0.1) is 12.8 Å². The summed E-state index contributed by atoms with van der Waals surface area (Å²) < 4.78 is 10.5. The number of amides is 1. The van der Waals surface area contributed by atoms with Gasteiger partial charge in [0.2, 0.25) is 11.7 Å². The number of carbonyl (C=O) groups excluding carboxylic acids is 1. The normalized spacial score (nSPS) is 17.8. The molecule has 2 aromatic rings. The molecular weight excluding hydrogens is 306 g/mol. The van der Waals surface area contributed by atoms with Gasteiger partial charge in [0.1, 0.15) is 5.75 Å². The van der Waals surface area contributed by atoms with Crippen molar-refractivity contribution in [2.45, 2.75) is 39.7 Å². The fourth-order valence-electron chi connectivity index (χ4n) is 3.01. The van der Waals surface area contributed by atoms with Crippen molar-refractivity contribution in [2.24, 2.45) is 5.92 Å². The Kier molecular flexibility index (Phi) is 5.13. The SMILES string of the molecule is CCC1CCCN(C(=O)c2ccc(OCc3noc(C)n3)cc2)C1. The largest absolute Gasteiger partial charge is 0.485 e. The summed E-state index contributed by atoms with van der Waals surface area (Å²) in [6.07, 6.45) is 3.45. The average Bonchev–Trinajstić information content (AvgIpc) is 3.05. The number of benzene rings is 1. The van der Waals surface area contributed by atoms with Crippen molar-refractivity contribution in [1.82, 2.24) is 15.0 Å². The van der Waals surface area contributed by atoms with Gasteiger partial charge in [0.15, 0.2) is 6.61 Å².